The monoisotopic (exact) mass is 373 g/mol. The lowest BCUT2D eigenvalue weighted by Crippen LogP contribution is -2.33. The van der Waals surface area contributed by atoms with Crippen molar-refractivity contribution in [1.29, 1.82) is 0 Å². The van der Waals surface area contributed by atoms with E-state index in [0.717, 1.165) is 5.56 Å². The lowest BCUT2D eigenvalue weighted by atomic mass is 10.2. The topological polar surface area (TPSA) is 75.4 Å². The Labute approximate surface area is 157 Å². The van der Waals surface area contributed by atoms with Gasteiger partial charge in [-0.05, 0) is 19.4 Å². The van der Waals surface area contributed by atoms with Crippen molar-refractivity contribution in [3.05, 3.63) is 60.4 Å². The Hall–Kier alpha value is -2.54. The van der Waals surface area contributed by atoms with Crippen LogP contribution in [0, 0.1) is 6.92 Å². The van der Waals surface area contributed by atoms with Gasteiger partial charge in [0.25, 0.3) is 0 Å². The second kappa shape index (κ2) is 9.82. The highest BCUT2D eigenvalue weighted by Gasteiger charge is 2.19. The molecule has 0 fully saturated rings. The van der Waals surface area contributed by atoms with E-state index in [1.54, 1.807) is 30.9 Å². The van der Waals surface area contributed by atoms with Gasteiger partial charge in [0.15, 0.2) is 5.82 Å². The third-order valence-electron chi connectivity index (χ3n) is 3.62. The summed E-state index contributed by atoms with van der Waals surface area (Å²) >= 11 is 1.29. The molecule has 0 bridgehead atoms. The number of hydrogen-bond donors (Lipinski definition) is 1. The zero-order chi connectivity index (χ0) is 18.9. The molecule has 0 aliphatic carbocycles. The van der Waals surface area contributed by atoms with E-state index in [0.29, 0.717) is 24.7 Å². The average Bonchev–Trinajstić information content (AvgIpc) is 3.04. The number of nitrogens with zero attached hydrogens (tertiary/aromatic N) is 2. The minimum Gasteiger partial charge on any atom is -0.360 e. The normalized spacial score (nSPS) is 11.6. The lowest BCUT2D eigenvalue weighted by molar-refractivity contribution is -0.128. The summed E-state index contributed by atoms with van der Waals surface area (Å²) in [6, 6.07) is 11.4. The Morgan fingerprint density at radius 3 is 2.73 bits per heavy atom. The van der Waals surface area contributed by atoms with Gasteiger partial charge in [-0.25, -0.2) is 0 Å². The smallest absolute Gasteiger partial charge is 0.238 e. The molecule has 7 heteroatoms. The number of carbonyl (C=O) groups is 2. The molecule has 0 saturated carbocycles. The zero-order valence-electron chi connectivity index (χ0n) is 15.0. The molecular weight excluding hydrogens is 350 g/mol. The molecule has 2 rings (SSSR count). The molecule has 138 valence electrons. The largest absolute Gasteiger partial charge is 0.360 e. The van der Waals surface area contributed by atoms with E-state index >= 15 is 0 Å². The van der Waals surface area contributed by atoms with Crippen LogP contribution < -0.4 is 5.32 Å². The van der Waals surface area contributed by atoms with Crippen LogP contribution in [0.25, 0.3) is 0 Å². The highest BCUT2D eigenvalue weighted by molar-refractivity contribution is 8.01. The predicted octanol–water partition coefficient (Wildman–Crippen LogP) is 3.26. The van der Waals surface area contributed by atoms with Crippen LogP contribution in [0.5, 0.6) is 0 Å². The number of hydrogen-bond acceptors (Lipinski definition) is 5. The molecule has 1 atom stereocenters. The van der Waals surface area contributed by atoms with E-state index in [4.69, 9.17) is 4.52 Å². The second-order valence-electron chi connectivity index (χ2n) is 5.81. The van der Waals surface area contributed by atoms with Crippen molar-refractivity contribution in [2.75, 3.05) is 17.6 Å². The van der Waals surface area contributed by atoms with Crippen LogP contribution in [0.1, 0.15) is 18.2 Å². The summed E-state index contributed by atoms with van der Waals surface area (Å²) in [5, 5.41) is 6.01. The van der Waals surface area contributed by atoms with Gasteiger partial charge >= 0.3 is 0 Å². The van der Waals surface area contributed by atoms with Gasteiger partial charge in [-0.3, -0.25) is 9.59 Å². The van der Waals surface area contributed by atoms with Crippen LogP contribution in [0.15, 0.2) is 53.6 Å². The van der Waals surface area contributed by atoms with Gasteiger partial charge in [-0.2, -0.15) is 0 Å². The van der Waals surface area contributed by atoms with Crippen molar-refractivity contribution in [3.8, 4) is 0 Å². The molecular formula is C19H23N3O3S. The van der Waals surface area contributed by atoms with Crippen molar-refractivity contribution in [1.82, 2.24) is 10.1 Å². The maximum absolute atomic E-state index is 12.5. The quantitative estimate of drug-likeness (QED) is 0.683. The van der Waals surface area contributed by atoms with E-state index in [2.05, 4.69) is 17.1 Å². The van der Waals surface area contributed by atoms with E-state index in [9.17, 15) is 9.59 Å². The molecule has 26 heavy (non-hydrogen) atoms. The summed E-state index contributed by atoms with van der Waals surface area (Å²) in [5.41, 5.74) is 1.06. The van der Waals surface area contributed by atoms with E-state index in [1.807, 2.05) is 30.3 Å². The van der Waals surface area contributed by atoms with Crippen LogP contribution in [0.3, 0.4) is 0 Å². The minimum absolute atomic E-state index is 0.0318. The van der Waals surface area contributed by atoms with E-state index < -0.39 is 5.25 Å². The molecule has 1 unspecified atom stereocenters. The number of anilines is 1. The molecule has 1 N–H and O–H groups in total. The van der Waals surface area contributed by atoms with Crippen molar-refractivity contribution in [2.24, 2.45) is 0 Å². The first-order valence-corrected chi connectivity index (χ1v) is 9.33. The lowest BCUT2D eigenvalue weighted by Gasteiger charge is -2.22. The molecule has 2 amide bonds. The summed E-state index contributed by atoms with van der Waals surface area (Å²) in [4.78, 5) is 26.4. The van der Waals surface area contributed by atoms with Crippen molar-refractivity contribution in [3.63, 3.8) is 0 Å². The van der Waals surface area contributed by atoms with Crippen LogP contribution in [-0.2, 0) is 16.1 Å². The molecule has 0 aliphatic rings. The fraction of sp³-hybridized carbons (Fsp3) is 0.316. The van der Waals surface area contributed by atoms with Crippen LogP contribution in [0.4, 0.5) is 5.82 Å². The Bertz CT molecular complexity index is 745. The van der Waals surface area contributed by atoms with Gasteiger partial charge in [-0.1, -0.05) is 41.6 Å². The zero-order valence-corrected chi connectivity index (χ0v) is 15.8. The molecule has 2 aromatic rings. The van der Waals surface area contributed by atoms with Crippen molar-refractivity contribution < 1.29 is 14.1 Å². The summed E-state index contributed by atoms with van der Waals surface area (Å²) in [6.45, 7) is 8.21. The maximum atomic E-state index is 12.5. The molecule has 0 saturated heterocycles. The van der Waals surface area contributed by atoms with Gasteiger partial charge in [0.2, 0.25) is 11.8 Å². The van der Waals surface area contributed by atoms with Gasteiger partial charge in [0.1, 0.15) is 5.76 Å². The van der Waals surface area contributed by atoms with Gasteiger partial charge in [0.05, 0.1) is 11.0 Å². The molecule has 6 nitrogen and oxygen atoms in total. The number of carbonyl (C=O) groups excluding carboxylic acids is 2. The van der Waals surface area contributed by atoms with Crippen LogP contribution in [-0.4, -0.2) is 39.4 Å². The number of benzene rings is 1. The predicted molar refractivity (Wildman–Crippen MR) is 104 cm³/mol. The summed E-state index contributed by atoms with van der Waals surface area (Å²) in [7, 11) is 0. The number of nitrogens with one attached hydrogen (secondary N) is 1. The van der Waals surface area contributed by atoms with Crippen LogP contribution in [0.2, 0.25) is 0 Å². The number of thioether (sulfide) groups is 1. The standard InChI is InChI=1S/C19H23N3O3S/c1-4-10-22(12-16-8-6-5-7-9-16)18(23)13-26-15(3)19(24)20-17-11-14(2)25-21-17/h4-9,11,15H,1,10,12-13H2,2-3H3,(H,20,21,24). The SMILES string of the molecule is C=CCN(Cc1ccccc1)C(=O)CSC(C)C(=O)Nc1cc(C)on1. The first-order chi connectivity index (χ1) is 12.5. The van der Waals surface area contributed by atoms with E-state index in [-0.39, 0.29) is 17.6 Å². The summed E-state index contributed by atoms with van der Waals surface area (Å²) in [5.74, 6) is 0.970. The Kier molecular flexibility index (Phi) is 7.47. The minimum atomic E-state index is -0.390. The molecule has 1 aromatic heterocycles. The third-order valence-corrected chi connectivity index (χ3v) is 4.75. The van der Waals surface area contributed by atoms with Crippen molar-refractivity contribution in [2.45, 2.75) is 25.6 Å². The van der Waals surface area contributed by atoms with Crippen LogP contribution >= 0.6 is 11.8 Å². The molecule has 1 heterocycles. The molecule has 1 aromatic carbocycles. The fourth-order valence-electron chi connectivity index (χ4n) is 2.23. The summed E-state index contributed by atoms with van der Waals surface area (Å²) < 4.78 is 4.92. The highest BCUT2D eigenvalue weighted by atomic mass is 32.2. The first kappa shape index (κ1) is 19.8. The Morgan fingerprint density at radius 1 is 1.38 bits per heavy atom. The number of aromatic nitrogens is 1. The Balaban J connectivity index is 1.85. The molecule has 0 aliphatic heterocycles. The Morgan fingerprint density at radius 2 is 2.12 bits per heavy atom. The molecule has 0 radical (unpaired) electrons. The number of rotatable bonds is 9. The first-order valence-electron chi connectivity index (χ1n) is 8.28. The average molecular weight is 373 g/mol. The highest BCUT2D eigenvalue weighted by Crippen LogP contribution is 2.16. The third kappa shape index (κ3) is 6.07. The molecule has 0 spiro atoms. The van der Waals surface area contributed by atoms with Gasteiger partial charge in [-0.15, -0.1) is 18.3 Å². The maximum Gasteiger partial charge on any atom is 0.238 e. The second-order valence-corrected chi connectivity index (χ2v) is 7.14. The van der Waals surface area contributed by atoms with Crippen molar-refractivity contribution >= 4 is 29.4 Å². The van der Waals surface area contributed by atoms with Gasteiger partial charge < -0.3 is 14.7 Å². The van der Waals surface area contributed by atoms with Gasteiger partial charge in [0, 0.05) is 19.2 Å². The number of amides is 2. The fourth-order valence-corrected chi connectivity index (χ4v) is 3.02. The summed E-state index contributed by atoms with van der Waals surface area (Å²) in [6.07, 6.45) is 1.70. The number of aryl methyl sites for hydroxylation is 1. The van der Waals surface area contributed by atoms with E-state index in [1.165, 1.54) is 11.8 Å².